The van der Waals surface area contributed by atoms with Crippen LogP contribution in [0.3, 0.4) is 0 Å². The van der Waals surface area contributed by atoms with Crippen molar-refractivity contribution < 1.29 is 9.21 Å². The van der Waals surface area contributed by atoms with Crippen LogP contribution in [0.1, 0.15) is 48.3 Å². The maximum atomic E-state index is 11.1. The molecule has 1 fully saturated rings. The second-order valence-electron chi connectivity index (χ2n) is 5.92. The molecule has 0 aliphatic carbocycles. The summed E-state index contributed by atoms with van der Waals surface area (Å²) in [6, 6.07) is 12.2. The summed E-state index contributed by atoms with van der Waals surface area (Å²) in [4.78, 5) is 13.6. The summed E-state index contributed by atoms with van der Waals surface area (Å²) < 4.78 is 5.46. The highest BCUT2D eigenvalue weighted by molar-refractivity contribution is 5.90. The molecule has 4 nitrogen and oxygen atoms in total. The summed E-state index contributed by atoms with van der Waals surface area (Å²) in [5.74, 6) is 0.327. The first-order valence-electron chi connectivity index (χ1n) is 7.89. The molecule has 4 heteroatoms. The van der Waals surface area contributed by atoms with Gasteiger partial charge in [0.1, 0.15) is 5.76 Å². The highest BCUT2D eigenvalue weighted by Crippen LogP contribution is 2.27. The largest absolute Gasteiger partial charge is 0.451 e. The molecule has 1 saturated heterocycles. The minimum Gasteiger partial charge on any atom is -0.451 e. The predicted octanol–water partition coefficient (Wildman–Crippen LogP) is 3.59. The first-order valence-corrected chi connectivity index (χ1v) is 7.89. The third-order valence-corrected chi connectivity index (χ3v) is 4.46. The second kappa shape index (κ2) is 6.36. The van der Waals surface area contributed by atoms with Crippen molar-refractivity contribution in [3.8, 4) is 11.3 Å². The first kappa shape index (κ1) is 14.9. The molecule has 116 valence electrons. The molecule has 0 radical (unpaired) electrons. The molecule has 22 heavy (non-hydrogen) atoms. The number of primary amides is 1. The molecule has 1 amide bonds. The van der Waals surface area contributed by atoms with Gasteiger partial charge in [-0.25, -0.2) is 0 Å². The Hall–Kier alpha value is -2.07. The number of nitrogens with two attached hydrogens (primary N) is 1. The van der Waals surface area contributed by atoms with Crippen molar-refractivity contribution in [2.24, 2.45) is 5.73 Å². The summed E-state index contributed by atoms with van der Waals surface area (Å²) in [7, 11) is 0. The number of furan rings is 1. The third kappa shape index (κ3) is 3.07. The summed E-state index contributed by atoms with van der Waals surface area (Å²) >= 11 is 0. The molecule has 2 heterocycles. The van der Waals surface area contributed by atoms with Crippen LogP contribution in [0.25, 0.3) is 11.3 Å². The number of amides is 1. The minimum absolute atomic E-state index is 0.195. The van der Waals surface area contributed by atoms with Gasteiger partial charge >= 0.3 is 0 Å². The Morgan fingerprint density at radius 2 is 1.77 bits per heavy atom. The fourth-order valence-electron chi connectivity index (χ4n) is 3.07. The zero-order valence-corrected chi connectivity index (χ0v) is 12.9. The zero-order valence-electron chi connectivity index (χ0n) is 12.9. The van der Waals surface area contributed by atoms with Crippen LogP contribution < -0.4 is 5.73 Å². The SMILES string of the molecule is CC(c1ccc(-c2ccc(C(N)=O)o2)cc1)N1CCCCC1. The van der Waals surface area contributed by atoms with Crippen LogP contribution in [0.15, 0.2) is 40.8 Å². The van der Waals surface area contributed by atoms with E-state index >= 15 is 0 Å². The number of hydrogen-bond donors (Lipinski definition) is 1. The molecule has 1 atom stereocenters. The third-order valence-electron chi connectivity index (χ3n) is 4.46. The van der Waals surface area contributed by atoms with Gasteiger partial charge in [0.2, 0.25) is 0 Å². The number of nitrogens with zero attached hydrogens (tertiary/aromatic N) is 1. The fraction of sp³-hybridized carbons (Fsp3) is 0.389. The predicted molar refractivity (Wildman–Crippen MR) is 86.5 cm³/mol. The van der Waals surface area contributed by atoms with Crippen molar-refractivity contribution >= 4 is 5.91 Å². The Kier molecular flexibility index (Phi) is 4.29. The smallest absolute Gasteiger partial charge is 0.284 e. The second-order valence-corrected chi connectivity index (χ2v) is 5.92. The molecule has 0 bridgehead atoms. The molecule has 1 unspecified atom stereocenters. The van der Waals surface area contributed by atoms with E-state index in [1.165, 1.54) is 37.9 Å². The van der Waals surface area contributed by atoms with E-state index in [-0.39, 0.29) is 5.76 Å². The average molecular weight is 298 g/mol. The van der Waals surface area contributed by atoms with Crippen molar-refractivity contribution in [1.82, 2.24) is 4.90 Å². The Morgan fingerprint density at radius 1 is 1.09 bits per heavy atom. The number of hydrogen-bond acceptors (Lipinski definition) is 3. The lowest BCUT2D eigenvalue weighted by atomic mass is 10.0. The van der Waals surface area contributed by atoms with Gasteiger partial charge in [-0.1, -0.05) is 30.7 Å². The van der Waals surface area contributed by atoms with Gasteiger partial charge in [0.05, 0.1) is 0 Å². The Labute approximate surface area is 130 Å². The quantitative estimate of drug-likeness (QED) is 0.938. The van der Waals surface area contributed by atoms with E-state index in [2.05, 4.69) is 24.0 Å². The van der Waals surface area contributed by atoms with Crippen molar-refractivity contribution in [1.29, 1.82) is 0 Å². The molecular formula is C18H22N2O2. The first-order chi connectivity index (χ1) is 10.6. The van der Waals surface area contributed by atoms with Crippen LogP contribution in [0.5, 0.6) is 0 Å². The molecule has 1 aliphatic rings. The van der Waals surface area contributed by atoms with E-state index in [1.54, 1.807) is 12.1 Å². The molecule has 0 saturated carbocycles. The van der Waals surface area contributed by atoms with E-state index in [1.807, 2.05) is 12.1 Å². The van der Waals surface area contributed by atoms with Gasteiger partial charge in [0.15, 0.2) is 5.76 Å². The maximum absolute atomic E-state index is 11.1. The van der Waals surface area contributed by atoms with E-state index in [0.717, 1.165) is 5.56 Å². The van der Waals surface area contributed by atoms with Crippen molar-refractivity contribution in [3.05, 3.63) is 47.7 Å². The van der Waals surface area contributed by atoms with Crippen LogP contribution in [-0.4, -0.2) is 23.9 Å². The number of benzene rings is 1. The number of rotatable bonds is 4. The highest BCUT2D eigenvalue weighted by Gasteiger charge is 2.18. The van der Waals surface area contributed by atoms with E-state index in [9.17, 15) is 4.79 Å². The Balaban J connectivity index is 1.75. The van der Waals surface area contributed by atoms with Gasteiger partial charge in [0.25, 0.3) is 5.91 Å². The Morgan fingerprint density at radius 3 is 2.36 bits per heavy atom. The van der Waals surface area contributed by atoms with Gasteiger partial charge < -0.3 is 10.2 Å². The summed E-state index contributed by atoms with van der Waals surface area (Å²) in [6.07, 6.45) is 3.94. The number of likely N-dealkylation sites (tertiary alicyclic amines) is 1. The van der Waals surface area contributed by atoms with Gasteiger partial charge in [0, 0.05) is 11.6 Å². The maximum Gasteiger partial charge on any atom is 0.284 e. The molecular weight excluding hydrogens is 276 g/mol. The monoisotopic (exact) mass is 298 g/mol. The van der Waals surface area contributed by atoms with Gasteiger partial charge in [-0.2, -0.15) is 0 Å². The van der Waals surface area contributed by atoms with E-state index in [4.69, 9.17) is 10.2 Å². The van der Waals surface area contributed by atoms with E-state index in [0.29, 0.717) is 11.8 Å². The summed E-state index contributed by atoms with van der Waals surface area (Å²) in [6.45, 7) is 4.63. The lowest BCUT2D eigenvalue weighted by Crippen LogP contribution is -2.32. The Bertz CT molecular complexity index is 639. The molecule has 2 N–H and O–H groups in total. The lowest BCUT2D eigenvalue weighted by Gasteiger charge is -2.32. The normalized spacial score (nSPS) is 17.3. The van der Waals surface area contributed by atoms with Crippen LogP contribution >= 0.6 is 0 Å². The number of carbonyl (C=O) groups is 1. The molecule has 1 aliphatic heterocycles. The topological polar surface area (TPSA) is 59.5 Å². The number of carbonyl (C=O) groups excluding carboxylic acids is 1. The van der Waals surface area contributed by atoms with Crippen molar-refractivity contribution in [2.75, 3.05) is 13.1 Å². The average Bonchev–Trinajstić information content (AvgIpc) is 3.05. The fourth-order valence-corrected chi connectivity index (χ4v) is 3.07. The van der Waals surface area contributed by atoms with Gasteiger partial charge in [-0.05, 0) is 50.6 Å². The highest BCUT2D eigenvalue weighted by atomic mass is 16.3. The molecule has 1 aromatic carbocycles. The zero-order chi connectivity index (χ0) is 15.5. The summed E-state index contributed by atoms with van der Waals surface area (Å²) in [5, 5.41) is 0. The van der Waals surface area contributed by atoms with Gasteiger partial charge in [-0.3, -0.25) is 9.69 Å². The van der Waals surface area contributed by atoms with Crippen LogP contribution in [0.4, 0.5) is 0 Å². The summed E-state index contributed by atoms with van der Waals surface area (Å²) in [5.41, 5.74) is 7.49. The molecule has 1 aromatic heterocycles. The molecule has 0 spiro atoms. The lowest BCUT2D eigenvalue weighted by molar-refractivity contribution is 0.0974. The van der Waals surface area contributed by atoms with Crippen LogP contribution in [0.2, 0.25) is 0 Å². The van der Waals surface area contributed by atoms with Crippen LogP contribution in [0, 0.1) is 0 Å². The van der Waals surface area contributed by atoms with Crippen molar-refractivity contribution in [2.45, 2.75) is 32.2 Å². The molecule has 2 aromatic rings. The van der Waals surface area contributed by atoms with Crippen molar-refractivity contribution in [3.63, 3.8) is 0 Å². The standard InChI is InChI=1S/C18H22N2O2/c1-13(20-11-3-2-4-12-20)14-5-7-15(8-6-14)16-9-10-17(22-16)18(19)21/h5-10,13H,2-4,11-12H2,1H3,(H2,19,21). The molecule has 3 rings (SSSR count). The minimum atomic E-state index is -0.540. The number of piperidine rings is 1. The van der Waals surface area contributed by atoms with Gasteiger partial charge in [-0.15, -0.1) is 0 Å². The van der Waals surface area contributed by atoms with Crippen LogP contribution in [-0.2, 0) is 0 Å². The van der Waals surface area contributed by atoms with E-state index < -0.39 is 5.91 Å².